The molecule has 29 heavy (non-hydrogen) atoms. The number of hydrogen-bond acceptors (Lipinski definition) is 4. The van der Waals surface area contributed by atoms with Crippen molar-refractivity contribution in [3.8, 4) is 11.3 Å². The van der Waals surface area contributed by atoms with Gasteiger partial charge in [0.15, 0.2) is 11.3 Å². The van der Waals surface area contributed by atoms with Crippen LogP contribution in [0, 0.1) is 0 Å². The van der Waals surface area contributed by atoms with Crippen molar-refractivity contribution >= 4 is 23.0 Å². The lowest BCUT2D eigenvalue weighted by Gasteiger charge is -2.09. The third kappa shape index (κ3) is 3.78. The summed E-state index contributed by atoms with van der Waals surface area (Å²) in [7, 11) is 0. The number of imidazole rings is 1. The van der Waals surface area contributed by atoms with Crippen LogP contribution < -0.4 is 5.32 Å². The Morgan fingerprint density at radius 1 is 1.00 bits per heavy atom. The fourth-order valence-corrected chi connectivity index (χ4v) is 3.23. The number of benzene rings is 2. The van der Waals surface area contributed by atoms with Crippen LogP contribution in [0.4, 0.5) is 5.69 Å². The van der Waals surface area contributed by atoms with Crippen molar-refractivity contribution < 1.29 is 9.59 Å². The fourth-order valence-electron chi connectivity index (χ4n) is 3.23. The second-order valence-electron chi connectivity index (χ2n) is 6.69. The molecule has 0 aliphatic heterocycles. The first-order valence-corrected chi connectivity index (χ1v) is 9.49. The van der Waals surface area contributed by atoms with E-state index in [-0.39, 0.29) is 11.7 Å². The van der Waals surface area contributed by atoms with Gasteiger partial charge in [-0.3, -0.25) is 14.0 Å². The molecule has 2 heterocycles. The van der Waals surface area contributed by atoms with Crippen LogP contribution in [0.1, 0.15) is 35.8 Å². The van der Waals surface area contributed by atoms with Crippen molar-refractivity contribution in [3.63, 3.8) is 0 Å². The Balaban J connectivity index is 1.72. The lowest BCUT2D eigenvalue weighted by atomic mass is 10.1. The molecule has 6 nitrogen and oxygen atoms in total. The van der Waals surface area contributed by atoms with Crippen molar-refractivity contribution in [2.75, 3.05) is 5.32 Å². The lowest BCUT2D eigenvalue weighted by Crippen LogP contribution is -2.10. The Labute approximate surface area is 168 Å². The Hall–Kier alpha value is -3.80. The molecule has 144 valence electrons. The number of rotatable bonds is 6. The van der Waals surface area contributed by atoms with E-state index in [2.05, 4.69) is 15.3 Å². The van der Waals surface area contributed by atoms with Gasteiger partial charge in [-0.2, -0.15) is 0 Å². The molecule has 2 aromatic heterocycles. The maximum Gasteiger partial charge on any atom is 0.224 e. The molecule has 1 N–H and O–H groups in total. The van der Waals surface area contributed by atoms with E-state index in [0.717, 1.165) is 23.4 Å². The summed E-state index contributed by atoms with van der Waals surface area (Å²) in [6.07, 6.45) is 4.55. The van der Waals surface area contributed by atoms with Crippen molar-refractivity contribution in [2.24, 2.45) is 0 Å². The largest absolute Gasteiger partial charge is 0.326 e. The summed E-state index contributed by atoms with van der Waals surface area (Å²) in [5.74, 6) is -0.179. The Bertz CT molecular complexity index is 1180. The first-order valence-electron chi connectivity index (χ1n) is 9.49. The molecule has 2 aromatic carbocycles. The minimum Gasteiger partial charge on any atom is -0.326 e. The van der Waals surface area contributed by atoms with Crippen LogP contribution in [0.15, 0.2) is 73.2 Å². The summed E-state index contributed by atoms with van der Waals surface area (Å²) >= 11 is 0. The van der Waals surface area contributed by atoms with Gasteiger partial charge in [0.05, 0.1) is 5.69 Å². The van der Waals surface area contributed by atoms with Crippen molar-refractivity contribution in [1.82, 2.24) is 14.4 Å². The summed E-state index contributed by atoms with van der Waals surface area (Å²) in [4.78, 5) is 33.5. The van der Waals surface area contributed by atoms with Crippen molar-refractivity contribution in [2.45, 2.75) is 19.8 Å². The van der Waals surface area contributed by atoms with Gasteiger partial charge in [0.1, 0.15) is 6.33 Å². The number of carbonyl (C=O) groups is 2. The molecule has 6 heteroatoms. The van der Waals surface area contributed by atoms with Gasteiger partial charge in [0.2, 0.25) is 11.7 Å². The highest BCUT2D eigenvalue weighted by Gasteiger charge is 2.18. The van der Waals surface area contributed by atoms with Gasteiger partial charge in [-0.1, -0.05) is 49.4 Å². The monoisotopic (exact) mass is 384 g/mol. The standard InChI is InChI=1S/C23H20N4O2/c1-2-7-20(28)26-18-11-6-10-17(14-18)19-12-13-24-23-21(25-15-27(19)23)22(29)16-8-4-3-5-9-16/h3-6,8-15H,2,7H2,1H3,(H,26,28). The molecule has 0 aliphatic carbocycles. The number of nitrogens with zero attached hydrogens (tertiary/aromatic N) is 3. The lowest BCUT2D eigenvalue weighted by molar-refractivity contribution is -0.116. The normalized spacial score (nSPS) is 10.8. The zero-order chi connectivity index (χ0) is 20.2. The Morgan fingerprint density at radius 2 is 1.83 bits per heavy atom. The maximum atomic E-state index is 12.8. The molecule has 0 aliphatic rings. The SMILES string of the molecule is CCCC(=O)Nc1cccc(-c2ccnc3c(C(=O)c4ccccc4)ncn23)c1. The zero-order valence-corrected chi connectivity index (χ0v) is 16.0. The summed E-state index contributed by atoms with van der Waals surface area (Å²) in [5.41, 5.74) is 3.83. The van der Waals surface area contributed by atoms with Gasteiger partial charge in [-0.25, -0.2) is 9.97 Å². The van der Waals surface area contributed by atoms with Gasteiger partial charge in [0.25, 0.3) is 0 Å². The number of ketones is 1. The number of amides is 1. The number of anilines is 1. The first-order chi connectivity index (χ1) is 14.2. The predicted molar refractivity (Wildman–Crippen MR) is 112 cm³/mol. The van der Waals surface area contributed by atoms with Gasteiger partial charge in [-0.15, -0.1) is 0 Å². The number of aromatic nitrogens is 3. The summed E-state index contributed by atoms with van der Waals surface area (Å²) in [6.45, 7) is 1.97. The van der Waals surface area contributed by atoms with Crippen LogP contribution in [-0.4, -0.2) is 26.1 Å². The summed E-state index contributed by atoms with van der Waals surface area (Å²) in [5, 5.41) is 2.91. The first kappa shape index (κ1) is 18.6. The maximum absolute atomic E-state index is 12.8. The van der Waals surface area contributed by atoms with Crippen molar-refractivity contribution in [1.29, 1.82) is 0 Å². The van der Waals surface area contributed by atoms with E-state index in [1.807, 2.05) is 55.5 Å². The number of fused-ring (bicyclic) bond motifs is 1. The average Bonchev–Trinajstić information content (AvgIpc) is 3.18. The molecular weight excluding hydrogens is 364 g/mol. The van der Waals surface area contributed by atoms with E-state index in [1.54, 1.807) is 29.1 Å². The molecule has 0 radical (unpaired) electrons. The highest BCUT2D eigenvalue weighted by atomic mass is 16.1. The third-order valence-electron chi connectivity index (χ3n) is 4.60. The third-order valence-corrected chi connectivity index (χ3v) is 4.60. The van der Waals surface area contributed by atoms with Crippen LogP contribution in [0.25, 0.3) is 16.9 Å². The van der Waals surface area contributed by atoms with Crippen LogP contribution >= 0.6 is 0 Å². The predicted octanol–water partition coefficient (Wildman–Crippen LogP) is 4.37. The molecule has 4 rings (SSSR count). The fraction of sp³-hybridized carbons (Fsp3) is 0.130. The number of hydrogen-bond donors (Lipinski definition) is 1. The Kier molecular flexibility index (Phi) is 5.16. The van der Waals surface area contributed by atoms with Gasteiger partial charge in [0, 0.05) is 29.4 Å². The minimum absolute atomic E-state index is 0.0112. The van der Waals surface area contributed by atoms with Crippen molar-refractivity contribution in [3.05, 3.63) is 84.4 Å². The second kappa shape index (κ2) is 8.06. The van der Waals surface area contributed by atoms with Gasteiger partial charge >= 0.3 is 0 Å². The molecule has 0 spiro atoms. The molecule has 1 amide bonds. The molecule has 0 unspecified atom stereocenters. The zero-order valence-electron chi connectivity index (χ0n) is 16.0. The molecule has 0 bridgehead atoms. The van der Waals surface area contributed by atoms with E-state index in [9.17, 15) is 9.59 Å². The highest BCUT2D eigenvalue weighted by Crippen LogP contribution is 2.25. The molecule has 4 aromatic rings. The molecule has 0 atom stereocenters. The average molecular weight is 384 g/mol. The van der Waals surface area contributed by atoms with Gasteiger partial charge in [-0.05, 0) is 24.6 Å². The van der Waals surface area contributed by atoms with E-state index < -0.39 is 0 Å². The van der Waals surface area contributed by atoms with E-state index in [1.165, 1.54) is 0 Å². The number of carbonyl (C=O) groups excluding carboxylic acids is 2. The van der Waals surface area contributed by atoms with Crippen LogP contribution in [0.5, 0.6) is 0 Å². The molecule has 0 fully saturated rings. The van der Waals surface area contributed by atoms with Gasteiger partial charge < -0.3 is 5.32 Å². The van der Waals surface area contributed by atoms with Crippen LogP contribution in [0.2, 0.25) is 0 Å². The Morgan fingerprint density at radius 3 is 2.62 bits per heavy atom. The minimum atomic E-state index is -0.168. The van der Waals surface area contributed by atoms with E-state index >= 15 is 0 Å². The van der Waals surface area contributed by atoms with E-state index in [0.29, 0.717) is 23.3 Å². The van der Waals surface area contributed by atoms with E-state index in [4.69, 9.17) is 0 Å². The molecular formula is C23H20N4O2. The summed E-state index contributed by atoms with van der Waals surface area (Å²) in [6, 6.07) is 18.5. The molecule has 0 saturated heterocycles. The smallest absolute Gasteiger partial charge is 0.224 e. The van der Waals surface area contributed by atoms with Crippen LogP contribution in [0.3, 0.4) is 0 Å². The molecule has 0 saturated carbocycles. The summed E-state index contributed by atoms with van der Waals surface area (Å²) < 4.78 is 1.79. The van der Waals surface area contributed by atoms with Crippen LogP contribution in [-0.2, 0) is 4.79 Å². The second-order valence-corrected chi connectivity index (χ2v) is 6.69. The quantitative estimate of drug-likeness (QED) is 0.501. The highest BCUT2D eigenvalue weighted by molar-refractivity contribution is 6.11. The number of nitrogens with one attached hydrogen (secondary N) is 1. The topological polar surface area (TPSA) is 76.4 Å².